The number of carbonyl (C=O) groups is 1. The highest BCUT2D eigenvalue weighted by Gasteiger charge is 2.19. The minimum absolute atomic E-state index is 0.0223. The molecule has 0 saturated carbocycles. The van der Waals surface area contributed by atoms with Crippen LogP contribution in [0.15, 0.2) is 18.2 Å². The molecule has 1 aromatic carbocycles. The molecule has 0 bridgehead atoms. The Hall–Kier alpha value is -0.610. The van der Waals surface area contributed by atoms with Gasteiger partial charge in [-0.25, -0.2) is 4.39 Å². The molecule has 0 aliphatic heterocycles. The summed E-state index contributed by atoms with van der Waals surface area (Å²) in [5.41, 5.74) is -0.00347. The van der Waals surface area contributed by atoms with E-state index in [0.717, 1.165) is 17.8 Å². The lowest BCUT2D eigenvalue weighted by Crippen LogP contribution is -2.34. The Morgan fingerprint density at radius 1 is 1.50 bits per heavy atom. The molecule has 1 aromatic rings. The van der Waals surface area contributed by atoms with Crippen LogP contribution in [0.5, 0.6) is 0 Å². The first-order chi connectivity index (χ1) is 8.35. The topological polar surface area (TPSA) is 29.1 Å². The number of hydrogen-bond acceptors (Lipinski definition) is 1. The molecule has 0 spiro atoms. The van der Waals surface area contributed by atoms with Crippen molar-refractivity contribution in [2.45, 2.75) is 20.3 Å². The molecule has 18 heavy (non-hydrogen) atoms. The summed E-state index contributed by atoms with van der Waals surface area (Å²) in [7, 11) is 0. The van der Waals surface area contributed by atoms with Crippen molar-refractivity contribution in [3.63, 3.8) is 0 Å². The Morgan fingerprint density at radius 3 is 2.72 bits per heavy atom. The van der Waals surface area contributed by atoms with Gasteiger partial charge in [0.15, 0.2) is 0 Å². The van der Waals surface area contributed by atoms with E-state index in [1.807, 2.05) is 13.8 Å². The van der Waals surface area contributed by atoms with Crippen LogP contribution in [-0.2, 0) is 0 Å². The van der Waals surface area contributed by atoms with Crippen LogP contribution in [0, 0.1) is 11.2 Å². The molecule has 0 heterocycles. The highest BCUT2D eigenvalue weighted by atomic mass is 79.9. The van der Waals surface area contributed by atoms with Gasteiger partial charge in [-0.3, -0.25) is 4.79 Å². The van der Waals surface area contributed by atoms with Crippen molar-refractivity contribution in [2.75, 3.05) is 11.9 Å². The van der Waals surface area contributed by atoms with Crippen LogP contribution in [0.3, 0.4) is 0 Å². The molecule has 0 aromatic heterocycles. The predicted molar refractivity (Wildman–Crippen MR) is 75.9 cm³/mol. The third-order valence-corrected chi connectivity index (χ3v) is 3.31. The van der Waals surface area contributed by atoms with Gasteiger partial charge in [-0.15, -0.1) is 0 Å². The Bertz CT molecular complexity index is 437. The SMILES string of the molecule is CC(C)(CCBr)CNC(=O)c1ccc(Cl)cc1F. The fourth-order valence-electron chi connectivity index (χ4n) is 1.43. The average Bonchev–Trinajstić information content (AvgIpc) is 2.26. The predicted octanol–water partition coefficient (Wildman–Crippen LogP) is 4.02. The molecule has 0 saturated heterocycles. The molecule has 1 rings (SSSR count). The molecule has 0 radical (unpaired) electrons. The minimum Gasteiger partial charge on any atom is -0.351 e. The number of rotatable bonds is 5. The molecule has 0 fully saturated rings. The molecule has 5 heteroatoms. The first-order valence-electron chi connectivity index (χ1n) is 5.65. The van der Waals surface area contributed by atoms with Gasteiger partial charge >= 0.3 is 0 Å². The summed E-state index contributed by atoms with van der Waals surface area (Å²) in [6.07, 6.45) is 0.927. The zero-order valence-electron chi connectivity index (χ0n) is 10.4. The van der Waals surface area contributed by atoms with Crippen LogP contribution in [0.25, 0.3) is 0 Å². The van der Waals surface area contributed by atoms with Crippen LogP contribution in [0.2, 0.25) is 5.02 Å². The minimum atomic E-state index is -0.599. The summed E-state index contributed by atoms with van der Waals surface area (Å²) in [4.78, 5) is 11.8. The molecule has 0 aliphatic rings. The van der Waals surface area contributed by atoms with Crippen molar-refractivity contribution in [2.24, 2.45) is 5.41 Å². The molecule has 0 atom stereocenters. The van der Waals surface area contributed by atoms with Crippen LogP contribution in [0.1, 0.15) is 30.6 Å². The van der Waals surface area contributed by atoms with Crippen molar-refractivity contribution in [1.29, 1.82) is 0 Å². The highest BCUT2D eigenvalue weighted by Crippen LogP contribution is 2.20. The zero-order chi connectivity index (χ0) is 13.8. The number of carbonyl (C=O) groups excluding carboxylic acids is 1. The van der Waals surface area contributed by atoms with Gasteiger partial charge < -0.3 is 5.32 Å². The number of nitrogens with one attached hydrogen (secondary N) is 1. The Morgan fingerprint density at radius 2 is 2.17 bits per heavy atom. The van der Waals surface area contributed by atoms with Gasteiger partial charge in [-0.05, 0) is 30.0 Å². The van der Waals surface area contributed by atoms with E-state index in [2.05, 4.69) is 21.2 Å². The van der Waals surface area contributed by atoms with Crippen LogP contribution >= 0.6 is 27.5 Å². The summed E-state index contributed by atoms with van der Waals surface area (Å²) in [5.74, 6) is -1.01. The maximum atomic E-state index is 13.5. The van der Waals surface area contributed by atoms with E-state index in [9.17, 15) is 9.18 Å². The average molecular weight is 337 g/mol. The van der Waals surface area contributed by atoms with E-state index in [1.165, 1.54) is 12.1 Å². The monoisotopic (exact) mass is 335 g/mol. The first-order valence-corrected chi connectivity index (χ1v) is 7.15. The lowest BCUT2D eigenvalue weighted by molar-refractivity contribution is 0.0932. The number of amides is 1. The van der Waals surface area contributed by atoms with Gasteiger partial charge in [-0.1, -0.05) is 41.4 Å². The fourth-order valence-corrected chi connectivity index (χ4v) is 2.66. The lowest BCUT2D eigenvalue weighted by Gasteiger charge is -2.23. The van der Waals surface area contributed by atoms with E-state index >= 15 is 0 Å². The standard InChI is InChI=1S/C13H16BrClFNO/c1-13(2,5-6-14)8-17-12(18)10-4-3-9(15)7-11(10)16/h3-4,7H,5-6,8H2,1-2H3,(H,17,18). The van der Waals surface area contributed by atoms with Gasteiger partial charge in [0.05, 0.1) is 5.56 Å². The number of benzene rings is 1. The van der Waals surface area contributed by atoms with E-state index < -0.39 is 11.7 Å². The maximum absolute atomic E-state index is 13.5. The summed E-state index contributed by atoms with van der Waals surface area (Å²) < 4.78 is 13.5. The maximum Gasteiger partial charge on any atom is 0.254 e. The number of alkyl halides is 1. The molecule has 0 aliphatic carbocycles. The second-order valence-corrected chi connectivity index (χ2v) is 6.14. The van der Waals surface area contributed by atoms with Crippen molar-refractivity contribution in [3.8, 4) is 0 Å². The highest BCUT2D eigenvalue weighted by molar-refractivity contribution is 9.09. The van der Waals surface area contributed by atoms with Crippen LogP contribution in [0.4, 0.5) is 4.39 Å². The molecule has 0 unspecified atom stereocenters. The van der Waals surface area contributed by atoms with Crippen molar-refractivity contribution in [3.05, 3.63) is 34.6 Å². The molecule has 1 N–H and O–H groups in total. The van der Waals surface area contributed by atoms with Crippen molar-refractivity contribution in [1.82, 2.24) is 5.32 Å². The van der Waals surface area contributed by atoms with Crippen molar-refractivity contribution >= 4 is 33.4 Å². The summed E-state index contributed by atoms with van der Waals surface area (Å²) in [5, 5.41) is 3.89. The summed E-state index contributed by atoms with van der Waals surface area (Å²) in [6, 6.07) is 4.04. The Balaban J connectivity index is 2.66. The van der Waals surface area contributed by atoms with E-state index in [4.69, 9.17) is 11.6 Å². The molecular weight excluding hydrogens is 321 g/mol. The van der Waals surface area contributed by atoms with Crippen LogP contribution in [-0.4, -0.2) is 17.8 Å². The largest absolute Gasteiger partial charge is 0.351 e. The molecule has 1 amide bonds. The van der Waals surface area contributed by atoms with Gasteiger partial charge in [0.1, 0.15) is 5.82 Å². The Kier molecular flexibility index (Phi) is 5.60. The third kappa shape index (κ3) is 4.58. The molecule has 100 valence electrons. The second-order valence-electron chi connectivity index (χ2n) is 4.91. The smallest absolute Gasteiger partial charge is 0.254 e. The quantitative estimate of drug-likeness (QED) is 0.808. The van der Waals surface area contributed by atoms with Gasteiger partial charge in [0.25, 0.3) is 5.91 Å². The molecular formula is C13H16BrClFNO. The summed E-state index contributed by atoms with van der Waals surface area (Å²) in [6.45, 7) is 4.60. The zero-order valence-corrected chi connectivity index (χ0v) is 12.7. The van der Waals surface area contributed by atoms with Gasteiger partial charge in [-0.2, -0.15) is 0 Å². The number of halogens is 3. The fraction of sp³-hybridized carbons (Fsp3) is 0.462. The lowest BCUT2D eigenvalue weighted by atomic mass is 9.90. The van der Waals surface area contributed by atoms with Crippen LogP contribution < -0.4 is 5.32 Å². The normalized spacial score (nSPS) is 11.4. The van der Waals surface area contributed by atoms with E-state index in [0.29, 0.717) is 6.54 Å². The van der Waals surface area contributed by atoms with Crippen molar-refractivity contribution < 1.29 is 9.18 Å². The Labute approximate surface area is 120 Å². The van der Waals surface area contributed by atoms with Gasteiger partial charge in [0.2, 0.25) is 0 Å². The summed E-state index contributed by atoms with van der Waals surface area (Å²) >= 11 is 9.00. The number of hydrogen-bond donors (Lipinski definition) is 1. The van der Waals surface area contributed by atoms with Gasteiger partial charge in [0, 0.05) is 16.9 Å². The molecule has 2 nitrogen and oxygen atoms in total. The third-order valence-electron chi connectivity index (χ3n) is 2.67. The van der Waals surface area contributed by atoms with E-state index in [-0.39, 0.29) is 16.0 Å². The van der Waals surface area contributed by atoms with E-state index in [1.54, 1.807) is 0 Å². The first kappa shape index (κ1) is 15.4. The second kappa shape index (κ2) is 6.53.